The minimum Gasteiger partial charge on any atom is -0.367 e. The standard InChI is InChI=1S/C20H23ClFN3O.ClH/c1-12-9-19(23-11-13(12)2)24-15-4-6-16(7-5-15)25-20(26)14-3-8-18(22)17(21)10-14;/h3,8-11,15-16H,4-7H2,1-2H3,(H,23,24)(H,25,26);1H/t15-,16+;. The lowest BCUT2D eigenvalue weighted by Crippen LogP contribution is -2.40. The number of carbonyl (C=O) groups excluding carboxylic acids is 1. The van der Waals surface area contributed by atoms with Crippen LogP contribution in [0.4, 0.5) is 10.2 Å². The highest BCUT2D eigenvalue weighted by Crippen LogP contribution is 2.23. The number of aromatic nitrogens is 1. The number of halogens is 3. The maximum absolute atomic E-state index is 13.2. The number of anilines is 1. The Morgan fingerprint density at radius 3 is 2.41 bits per heavy atom. The molecule has 7 heteroatoms. The molecule has 0 unspecified atom stereocenters. The van der Waals surface area contributed by atoms with Gasteiger partial charge in [0.1, 0.15) is 11.6 Å². The number of nitrogens with one attached hydrogen (secondary N) is 2. The van der Waals surface area contributed by atoms with Crippen molar-refractivity contribution in [3.05, 3.63) is 58.0 Å². The SMILES string of the molecule is Cc1cnc(N[C@H]2CC[C@@H](NC(=O)c3ccc(F)c(Cl)c3)CC2)cc1C.Cl. The minimum atomic E-state index is -0.519. The first-order valence-electron chi connectivity index (χ1n) is 8.88. The number of nitrogens with zero attached hydrogens (tertiary/aromatic N) is 1. The molecule has 1 heterocycles. The molecule has 0 atom stereocenters. The van der Waals surface area contributed by atoms with Gasteiger partial charge in [0.05, 0.1) is 5.02 Å². The molecule has 4 nitrogen and oxygen atoms in total. The predicted octanol–water partition coefficient (Wildman–Crippen LogP) is 5.07. The van der Waals surface area contributed by atoms with E-state index in [9.17, 15) is 9.18 Å². The van der Waals surface area contributed by atoms with E-state index in [0.29, 0.717) is 11.6 Å². The van der Waals surface area contributed by atoms with Crippen LogP contribution in [0.1, 0.15) is 47.2 Å². The van der Waals surface area contributed by atoms with E-state index < -0.39 is 5.82 Å². The number of aryl methyl sites for hydroxylation is 2. The van der Waals surface area contributed by atoms with E-state index in [1.807, 2.05) is 13.1 Å². The fourth-order valence-corrected chi connectivity index (χ4v) is 3.38. The average Bonchev–Trinajstić information content (AvgIpc) is 2.62. The van der Waals surface area contributed by atoms with Gasteiger partial charge in [-0.15, -0.1) is 12.4 Å². The molecule has 0 radical (unpaired) electrons. The van der Waals surface area contributed by atoms with Gasteiger partial charge < -0.3 is 10.6 Å². The van der Waals surface area contributed by atoms with Crippen LogP contribution in [0.25, 0.3) is 0 Å². The Kier molecular flexibility index (Phi) is 7.45. The van der Waals surface area contributed by atoms with Crippen molar-refractivity contribution in [3.8, 4) is 0 Å². The van der Waals surface area contributed by atoms with Crippen LogP contribution in [-0.4, -0.2) is 23.0 Å². The zero-order valence-corrected chi connectivity index (χ0v) is 17.0. The van der Waals surface area contributed by atoms with Crippen LogP contribution < -0.4 is 10.6 Å². The molecule has 1 aromatic heterocycles. The molecule has 0 aliphatic heterocycles. The molecular weight excluding hydrogens is 388 g/mol. The average molecular weight is 412 g/mol. The van der Waals surface area contributed by atoms with Crippen LogP contribution in [0.2, 0.25) is 5.02 Å². The Morgan fingerprint density at radius 2 is 1.78 bits per heavy atom. The highest BCUT2D eigenvalue weighted by atomic mass is 35.5. The van der Waals surface area contributed by atoms with E-state index in [0.717, 1.165) is 31.5 Å². The summed E-state index contributed by atoms with van der Waals surface area (Å²) in [6, 6.07) is 6.59. The minimum absolute atomic E-state index is 0. The quantitative estimate of drug-likeness (QED) is 0.738. The Hall–Kier alpha value is -1.85. The second-order valence-corrected chi connectivity index (χ2v) is 7.36. The molecule has 1 aromatic carbocycles. The first-order chi connectivity index (χ1) is 12.4. The third kappa shape index (κ3) is 5.56. The first-order valence-corrected chi connectivity index (χ1v) is 9.26. The molecule has 2 aromatic rings. The van der Waals surface area contributed by atoms with E-state index in [2.05, 4.69) is 28.6 Å². The normalized spacial score (nSPS) is 19.1. The topological polar surface area (TPSA) is 54.0 Å². The van der Waals surface area contributed by atoms with Crippen molar-refractivity contribution in [1.29, 1.82) is 0 Å². The summed E-state index contributed by atoms with van der Waals surface area (Å²) >= 11 is 5.75. The van der Waals surface area contributed by atoms with Crippen molar-refractivity contribution in [2.45, 2.75) is 51.6 Å². The Morgan fingerprint density at radius 1 is 1.11 bits per heavy atom. The van der Waals surface area contributed by atoms with Gasteiger partial charge in [-0.2, -0.15) is 0 Å². The number of benzene rings is 1. The fourth-order valence-electron chi connectivity index (χ4n) is 3.20. The molecular formula is C20H24Cl2FN3O. The molecule has 0 spiro atoms. The van der Waals surface area contributed by atoms with Crippen LogP contribution >= 0.6 is 24.0 Å². The largest absolute Gasteiger partial charge is 0.367 e. The van der Waals surface area contributed by atoms with Crippen LogP contribution in [-0.2, 0) is 0 Å². The lowest BCUT2D eigenvalue weighted by Gasteiger charge is -2.30. The van der Waals surface area contributed by atoms with Gasteiger partial charge in [0.15, 0.2) is 0 Å². The Bertz CT molecular complexity index is 808. The van der Waals surface area contributed by atoms with Crippen LogP contribution in [0, 0.1) is 19.7 Å². The summed E-state index contributed by atoms with van der Waals surface area (Å²) in [5.41, 5.74) is 2.79. The van der Waals surface area contributed by atoms with Gasteiger partial charge in [0.25, 0.3) is 5.91 Å². The predicted molar refractivity (Wildman–Crippen MR) is 110 cm³/mol. The van der Waals surface area contributed by atoms with Crippen molar-refractivity contribution in [3.63, 3.8) is 0 Å². The highest BCUT2D eigenvalue weighted by molar-refractivity contribution is 6.31. The third-order valence-electron chi connectivity index (χ3n) is 4.97. The van der Waals surface area contributed by atoms with Gasteiger partial charge in [-0.3, -0.25) is 4.79 Å². The van der Waals surface area contributed by atoms with Gasteiger partial charge in [-0.05, 0) is 74.9 Å². The van der Waals surface area contributed by atoms with E-state index in [4.69, 9.17) is 11.6 Å². The summed E-state index contributed by atoms with van der Waals surface area (Å²) in [4.78, 5) is 16.7. The zero-order valence-electron chi connectivity index (χ0n) is 15.4. The molecule has 1 amide bonds. The first kappa shape index (κ1) is 21.5. The van der Waals surface area contributed by atoms with Crippen LogP contribution in [0.5, 0.6) is 0 Å². The molecule has 1 saturated carbocycles. The van der Waals surface area contributed by atoms with E-state index in [1.165, 1.54) is 29.3 Å². The maximum Gasteiger partial charge on any atom is 0.251 e. The summed E-state index contributed by atoms with van der Waals surface area (Å²) in [7, 11) is 0. The highest BCUT2D eigenvalue weighted by Gasteiger charge is 2.23. The molecule has 146 valence electrons. The lowest BCUT2D eigenvalue weighted by atomic mass is 9.91. The molecule has 27 heavy (non-hydrogen) atoms. The summed E-state index contributed by atoms with van der Waals surface area (Å²) in [5, 5.41) is 6.47. The number of hydrogen-bond acceptors (Lipinski definition) is 3. The molecule has 0 saturated heterocycles. The van der Waals surface area contributed by atoms with E-state index in [1.54, 1.807) is 0 Å². The summed E-state index contributed by atoms with van der Waals surface area (Å²) < 4.78 is 13.2. The summed E-state index contributed by atoms with van der Waals surface area (Å²) in [6.45, 7) is 4.13. The van der Waals surface area contributed by atoms with Crippen molar-refractivity contribution in [1.82, 2.24) is 10.3 Å². The van der Waals surface area contributed by atoms with E-state index in [-0.39, 0.29) is 29.4 Å². The number of rotatable bonds is 4. The Balaban J connectivity index is 0.00000261. The second-order valence-electron chi connectivity index (χ2n) is 6.95. The number of hydrogen-bond donors (Lipinski definition) is 2. The molecule has 3 rings (SSSR count). The summed E-state index contributed by atoms with van der Waals surface area (Å²) in [5.74, 6) is 0.176. The van der Waals surface area contributed by atoms with Crippen LogP contribution in [0.3, 0.4) is 0 Å². The zero-order chi connectivity index (χ0) is 18.7. The van der Waals surface area contributed by atoms with Gasteiger partial charge in [-0.25, -0.2) is 9.37 Å². The van der Waals surface area contributed by atoms with Gasteiger partial charge in [-0.1, -0.05) is 11.6 Å². The fraction of sp³-hybridized carbons (Fsp3) is 0.400. The number of amides is 1. The summed E-state index contributed by atoms with van der Waals surface area (Å²) in [6.07, 6.45) is 5.59. The van der Waals surface area contributed by atoms with Crippen LogP contribution in [0.15, 0.2) is 30.5 Å². The molecule has 0 bridgehead atoms. The molecule has 1 aliphatic rings. The third-order valence-corrected chi connectivity index (χ3v) is 5.26. The molecule has 1 aliphatic carbocycles. The number of carbonyl (C=O) groups is 1. The van der Waals surface area contributed by atoms with Crippen molar-refractivity contribution in [2.24, 2.45) is 0 Å². The van der Waals surface area contributed by atoms with Gasteiger partial charge in [0, 0.05) is 23.8 Å². The lowest BCUT2D eigenvalue weighted by molar-refractivity contribution is 0.0926. The maximum atomic E-state index is 13.2. The monoisotopic (exact) mass is 411 g/mol. The Labute approximate surface area is 170 Å². The second kappa shape index (κ2) is 9.38. The number of pyridine rings is 1. The smallest absolute Gasteiger partial charge is 0.251 e. The van der Waals surface area contributed by atoms with Crippen molar-refractivity contribution < 1.29 is 9.18 Å². The molecule has 1 fully saturated rings. The van der Waals surface area contributed by atoms with Crippen molar-refractivity contribution >= 4 is 35.7 Å². The molecule has 2 N–H and O–H groups in total. The van der Waals surface area contributed by atoms with Gasteiger partial charge >= 0.3 is 0 Å². The van der Waals surface area contributed by atoms with Crippen molar-refractivity contribution in [2.75, 3.05) is 5.32 Å². The van der Waals surface area contributed by atoms with E-state index >= 15 is 0 Å². The van der Waals surface area contributed by atoms with Gasteiger partial charge in [0.2, 0.25) is 0 Å².